The monoisotopic (exact) mass is 487 g/mol. The average Bonchev–Trinajstić information content (AvgIpc) is 2.76. The fraction of sp³-hybridized carbons (Fsp3) is 0.524. The Hall–Kier alpha value is -2.44. The number of sulfonamides is 1. The molecule has 0 radical (unpaired) electrons. The van der Waals surface area contributed by atoms with Crippen LogP contribution in [0, 0.1) is 0 Å². The van der Waals surface area contributed by atoms with Crippen LogP contribution in [0.3, 0.4) is 0 Å². The highest BCUT2D eigenvalue weighted by Crippen LogP contribution is 2.30. The molecule has 12 heteroatoms. The van der Waals surface area contributed by atoms with Crippen LogP contribution in [0.1, 0.15) is 38.0 Å². The maximum atomic E-state index is 12.7. The van der Waals surface area contributed by atoms with Gasteiger partial charge in [0.05, 0.1) is 17.4 Å². The van der Waals surface area contributed by atoms with Crippen LogP contribution in [0.2, 0.25) is 0 Å². The summed E-state index contributed by atoms with van der Waals surface area (Å²) in [6, 6.07) is 6.04. The number of halogens is 3. The van der Waals surface area contributed by atoms with E-state index in [-0.39, 0.29) is 12.3 Å². The zero-order chi connectivity index (χ0) is 24.4. The van der Waals surface area contributed by atoms with Gasteiger partial charge in [-0.2, -0.15) is 17.5 Å². The van der Waals surface area contributed by atoms with Gasteiger partial charge in [0.1, 0.15) is 18.0 Å². The van der Waals surface area contributed by atoms with E-state index in [0.29, 0.717) is 36.8 Å². The van der Waals surface area contributed by atoms with Gasteiger partial charge < -0.3 is 15.3 Å². The summed E-state index contributed by atoms with van der Waals surface area (Å²) >= 11 is 0. The number of nitrogens with zero attached hydrogens (tertiary/aromatic N) is 4. The molecule has 2 aromatic rings. The molecule has 3 rings (SSSR count). The van der Waals surface area contributed by atoms with Crippen molar-refractivity contribution in [3.05, 3.63) is 47.8 Å². The maximum Gasteiger partial charge on any atom is 0.416 e. The van der Waals surface area contributed by atoms with Crippen LogP contribution in [-0.4, -0.2) is 65.3 Å². The van der Waals surface area contributed by atoms with Gasteiger partial charge in [-0.25, -0.2) is 18.4 Å². The molecule has 1 atom stereocenters. The van der Waals surface area contributed by atoms with Crippen LogP contribution in [0.25, 0.3) is 0 Å². The molecular formula is C21H28F3N5O3S. The second kappa shape index (κ2) is 9.43. The lowest BCUT2D eigenvalue weighted by Gasteiger charge is -2.46. The molecule has 1 aliphatic heterocycles. The third kappa shape index (κ3) is 5.92. The molecule has 8 nitrogen and oxygen atoms in total. The number of nitrogens with one attached hydrogen (secondary N) is 1. The molecule has 2 heterocycles. The van der Waals surface area contributed by atoms with Gasteiger partial charge in [0.2, 0.25) is 10.0 Å². The molecule has 1 unspecified atom stereocenters. The van der Waals surface area contributed by atoms with E-state index < -0.39 is 33.4 Å². The van der Waals surface area contributed by atoms with Crippen molar-refractivity contribution in [2.45, 2.75) is 38.6 Å². The van der Waals surface area contributed by atoms with E-state index in [2.05, 4.69) is 15.3 Å². The number of anilines is 2. The predicted molar refractivity (Wildman–Crippen MR) is 119 cm³/mol. The molecule has 0 bridgehead atoms. The fourth-order valence-electron chi connectivity index (χ4n) is 3.84. The summed E-state index contributed by atoms with van der Waals surface area (Å²) in [6.45, 7) is 6.64. The summed E-state index contributed by atoms with van der Waals surface area (Å²) in [7, 11) is -3.33. The Balaban J connectivity index is 1.64. The zero-order valence-electron chi connectivity index (χ0n) is 18.7. The highest BCUT2D eigenvalue weighted by Gasteiger charge is 2.40. The molecule has 1 aliphatic rings. The second-order valence-corrected chi connectivity index (χ2v) is 10.7. The lowest BCUT2D eigenvalue weighted by atomic mass is 10.0. The van der Waals surface area contributed by atoms with Gasteiger partial charge in [0.15, 0.2) is 0 Å². The third-order valence-electron chi connectivity index (χ3n) is 5.60. The number of benzene rings is 1. The third-order valence-corrected chi connectivity index (χ3v) is 7.68. The fourth-order valence-corrected chi connectivity index (χ4v) is 5.32. The first-order valence-corrected chi connectivity index (χ1v) is 12.1. The number of aromatic nitrogens is 2. The van der Waals surface area contributed by atoms with Crippen LogP contribution >= 0.6 is 0 Å². The van der Waals surface area contributed by atoms with Crippen LogP contribution in [0.4, 0.5) is 24.8 Å². The van der Waals surface area contributed by atoms with Crippen molar-refractivity contribution in [3.63, 3.8) is 0 Å². The minimum Gasteiger partial charge on any atom is -0.387 e. The van der Waals surface area contributed by atoms with Crippen LogP contribution < -0.4 is 10.2 Å². The van der Waals surface area contributed by atoms with Gasteiger partial charge in [-0.15, -0.1) is 0 Å². The maximum absolute atomic E-state index is 12.7. The average molecular weight is 488 g/mol. The molecule has 1 saturated heterocycles. The van der Waals surface area contributed by atoms with Crippen molar-refractivity contribution in [2.24, 2.45) is 0 Å². The van der Waals surface area contributed by atoms with Crippen molar-refractivity contribution in [1.82, 2.24) is 14.3 Å². The van der Waals surface area contributed by atoms with Crippen LogP contribution in [0.5, 0.6) is 0 Å². The lowest BCUT2D eigenvalue weighted by molar-refractivity contribution is -0.137. The van der Waals surface area contributed by atoms with Crippen molar-refractivity contribution >= 4 is 21.7 Å². The van der Waals surface area contributed by atoms with Crippen molar-refractivity contribution in [2.75, 3.05) is 42.1 Å². The highest BCUT2D eigenvalue weighted by atomic mass is 32.2. The highest BCUT2D eigenvalue weighted by molar-refractivity contribution is 7.89. The quantitative estimate of drug-likeness (QED) is 0.620. The predicted octanol–water partition coefficient (Wildman–Crippen LogP) is 2.89. The molecule has 0 saturated carbocycles. The van der Waals surface area contributed by atoms with Crippen LogP contribution in [-0.2, 0) is 16.2 Å². The van der Waals surface area contributed by atoms with Gasteiger partial charge in [-0.3, -0.25) is 0 Å². The van der Waals surface area contributed by atoms with E-state index in [1.165, 1.54) is 22.8 Å². The molecule has 0 spiro atoms. The Kier molecular flexibility index (Phi) is 7.20. The summed E-state index contributed by atoms with van der Waals surface area (Å²) in [5.74, 6) is 1.09. The lowest BCUT2D eigenvalue weighted by Crippen LogP contribution is -2.61. The van der Waals surface area contributed by atoms with E-state index in [9.17, 15) is 26.7 Å². The number of hydrogen-bond acceptors (Lipinski definition) is 7. The summed E-state index contributed by atoms with van der Waals surface area (Å²) in [5.41, 5.74) is -1.05. The first kappa shape index (κ1) is 25.2. The minimum absolute atomic E-state index is 0.0375. The van der Waals surface area contributed by atoms with Gasteiger partial charge in [-0.05, 0) is 38.5 Å². The number of aliphatic hydroxyl groups is 1. The SMILES string of the molecule is CCS(=O)(=O)N1CCN(c2cc(NCC(O)c3ccc(C(F)(F)F)cc3)ncn2)CC1(C)C. The minimum atomic E-state index is -4.43. The molecule has 2 N–H and O–H groups in total. The van der Waals surface area contributed by atoms with Gasteiger partial charge in [0, 0.05) is 37.8 Å². The molecular weight excluding hydrogens is 459 g/mol. The van der Waals surface area contributed by atoms with Crippen molar-refractivity contribution in [3.8, 4) is 0 Å². The van der Waals surface area contributed by atoms with Crippen molar-refractivity contribution in [1.29, 1.82) is 0 Å². The smallest absolute Gasteiger partial charge is 0.387 e. The van der Waals surface area contributed by atoms with Gasteiger partial charge in [-0.1, -0.05) is 12.1 Å². The summed E-state index contributed by atoms with van der Waals surface area (Å²) < 4.78 is 64.4. The van der Waals surface area contributed by atoms with Crippen LogP contribution in [0.15, 0.2) is 36.7 Å². The number of aliphatic hydroxyl groups excluding tert-OH is 1. The molecule has 0 amide bonds. The molecule has 1 aromatic carbocycles. The normalized spacial score (nSPS) is 18.2. The molecule has 1 fully saturated rings. The van der Waals surface area contributed by atoms with E-state index in [1.54, 1.807) is 13.0 Å². The van der Waals surface area contributed by atoms with E-state index >= 15 is 0 Å². The first-order valence-electron chi connectivity index (χ1n) is 10.5. The Morgan fingerprint density at radius 2 is 1.85 bits per heavy atom. The number of piperazine rings is 1. The molecule has 33 heavy (non-hydrogen) atoms. The standard InChI is InChI=1S/C21H28F3N5O3S/c1-4-33(31,32)29-10-9-28(13-20(29,2)3)19-11-18(26-14-27-19)25-12-17(30)15-5-7-16(8-6-15)21(22,23)24/h5-8,11,14,17,30H,4,9-10,12-13H2,1-3H3,(H,25,26,27). The number of hydrogen-bond donors (Lipinski definition) is 2. The molecule has 0 aliphatic carbocycles. The Labute approximate surface area is 191 Å². The number of alkyl halides is 3. The Morgan fingerprint density at radius 3 is 2.42 bits per heavy atom. The van der Waals surface area contributed by atoms with Gasteiger partial charge >= 0.3 is 6.18 Å². The summed E-state index contributed by atoms with van der Waals surface area (Å²) in [6.07, 6.45) is -4.10. The summed E-state index contributed by atoms with van der Waals surface area (Å²) in [5, 5.41) is 13.3. The first-order chi connectivity index (χ1) is 15.3. The van der Waals surface area contributed by atoms with Gasteiger partial charge in [0.25, 0.3) is 0 Å². The Bertz CT molecular complexity index is 1060. The molecule has 182 valence electrons. The number of rotatable bonds is 7. The largest absolute Gasteiger partial charge is 0.416 e. The summed E-state index contributed by atoms with van der Waals surface area (Å²) in [4.78, 5) is 10.4. The van der Waals surface area contributed by atoms with E-state index in [4.69, 9.17) is 0 Å². The topological polar surface area (TPSA) is 98.7 Å². The molecule has 1 aromatic heterocycles. The Morgan fingerprint density at radius 1 is 1.18 bits per heavy atom. The van der Waals surface area contributed by atoms with Crippen molar-refractivity contribution < 1.29 is 26.7 Å². The van der Waals surface area contributed by atoms with E-state index in [1.807, 2.05) is 18.7 Å². The van der Waals surface area contributed by atoms with E-state index in [0.717, 1.165) is 12.1 Å². The zero-order valence-corrected chi connectivity index (χ0v) is 19.5. The second-order valence-electron chi connectivity index (χ2n) is 8.48.